The lowest BCUT2D eigenvalue weighted by Gasteiger charge is -2.24. The van der Waals surface area contributed by atoms with Crippen molar-refractivity contribution in [2.75, 3.05) is 32.7 Å². The van der Waals surface area contributed by atoms with Crippen molar-refractivity contribution in [3.8, 4) is 5.75 Å². The monoisotopic (exact) mass is 368 g/mol. The Morgan fingerprint density at radius 2 is 1.89 bits per heavy atom. The van der Waals surface area contributed by atoms with E-state index in [1.165, 1.54) is 0 Å². The van der Waals surface area contributed by atoms with Crippen LogP contribution >= 0.6 is 0 Å². The first kappa shape index (κ1) is 18.8. The van der Waals surface area contributed by atoms with Gasteiger partial charge >= 0.3 is 6.03 Å². The third kappa shape index (κ3) is 4.41. The number of para-hydroxylation sites is 3. The Hall–Kier alpha value is -2.99. The van der Waals surface area contributed by atoms with Crippen LogP contribution in [0.4, 0.5) is 10.5 Å². The highest BCUT2D eigenvalue weighted by molar-refractivity contribution is 5.91. The number of nitrogens with one attached hydrogen (secondary N) is 1. The van der Waals surface area contributed by atoms with E-state index in [0.717, 1.165) is 16.7 Å². The summed E-state index contributed by atoms with van der Waals surface area (Å²) in [5.41, 5.74) is 1.42. The number of carbonyl (C=O) groups excluding carboxylic acids is 1. The van der Waals surface area contributed by atoms with Gasteiger partial charge in [0, 0.05) is 19.5 Å². The highest BCUT2D eigenvalue weighted by atomic mass is 16.5. The minimum Gasteiger partial charge on any atom is -0.489 e. The van der Waals surface area contributed by atoms with Gasteiger partial charge in [0.1, 0.15) is 23.7 Å². The Kier molecular flexibility index (Phi) is 5.98. The maximum Gasteiger partial charge on any atom is 0.322 e. The van der Waals surface area contributed by atoms with Crippen LogP contribution in [-0.4, -0.2) is 38.3 Å². The molecule has 6 heteroatoms. The first-order valence-corrected chi connectivity index (χ1v) is 8.83. The van der Waals surface area contributed by atoms with E-state index in [2.05, 4.69) is 5.32 Å². The minimum absolute atomic E-state index is 0.223. The van der Waals surface area contributed by atoms with Gasteiger partial charge in [-0.25, -0.2) is 4.79 Å². The summed E-state index contributed by atoms with van der Waals surface area (Å²) in [4.78, 5) is 14.3. The van der Waals surface area contributed by atoms with E-state index in [-0.39, 0.29) is 12.1 Å². The first-order valence-electron chi connectivity index (χ1n) is 8.83. The smallest absolute Gasteiger partial charge is 0.322 e. The molecular formula is C21H24N2O4. The molecule has 0 fully saturated rings. The van der Waals surface area contributed by atoms with E-state index in [4.69, 9.17) is 13.9 Å². The Bertz CT molecular complexity index is 873. The number of carbonyl (C=O) groups is 1. The van der Waals surface area contributed by atoms with Crippen LogP contribution in [0.5, 0.6) is 5.75 Å². The first-order chi connectivity index (χ1) is 13.1. The normalized spacial score (nSPS) is 12.0. The van der Waals surface area contributed by atoms with Crippen molar-refractivity contribution < 1.29 is 18.7 Å². The van der Waals surface area contributed by atoms with Crippen molar-refractivity contribution >= 4 is 22.7 Å². The van der Waals surface area contributed by atoms with E-state index in [1.54, 1.807) is 25.1 Å². The van der Waals surface area contributed by atoms with Crippen molar-refractivity contribution in [1.29, 1.82) is 0 Å². The maximum absolute atomic E-state index is 12.7. The van der Waals surface area contributed by atoms with Crippen LogP contribution in [0, 0.1) is 0 Å². The standard InChI is InChI=1S/C21H24N2O4/c1-15(20-14-16-8-4-6-10-18(16)27-20)23(2)21(24)22-17-9-5-7-11-19(17)26-13-12-25-3/h4-11,14-15H,12-13H2,1-3H3,(H,22,24). The molecule has 2 amide bonds. The van der Waals surface area contributed by atoms with Crippen molar-refractivity contribution in [3.05, 3.63) is 60.4 Å². The molecule has 1 atom stereocenters. The summed E-state index contributed by atoms with van der Waals surface area (Å²) in [5, 5.41) is 3.92. The average molecular weight is 368 g/mol. The molecule has 1 unspecified atom stereocenters. The van der Waals surface area contributed by atoms with E-state index in [0.29, 0.717) is 24.7 Å². The molecule has 0 aliphatic carbocycles. The molecule has 0 bridgehead atoms. The van der Waals surface area contributed by atoms with Gasteiger partial charge in [0.25, 0.3) is 0 Å². The summed E-state index contributed by atoms with van der Waals surface area (Å²) in [6, 6.07) is 16.6. The summed E-state index contributed by atoms with van der Waals surface area (Å²) >= 11 is 0. The van der Waals surface area contributed by atoms with Crippen molar-refractivity contribution in [2.24, 2.45) is 0 Å². The average Bonchev–Trinajstić information content (AvgIpc) is 3.12. The molecule has 0 aliphatic rings. The van der Waals surface area contributed by atoms with Crippen LogP contribution in [0.1, 0.15) is 18.7 Å². The van der Waals surface area contributed by atoms with E-state index >= 15 is 0 Å². The van der Waals surface area contributed by atoms with Crippen LogP contribution in [0.15, 0.2) is 59.0 Å². The Morgan fingerprint density at radius 3 is 2.67 bits per heavy atom. The second-order valence-electron chi connectivity index (χ2n) is 6.24. The predicted molar refractivity (Wildman–Crippen MR) is 105 cm³/mol. The van der Waals surface area contributed by atoms with Gasteiger partial charge in [-0.1, -0.05) is 30.3 Å². The summed E-state index contributed by atoms with van der Waals surface area (Å²) in [7, 11) is 3.35. The molecule has 142 valence electrons. The third-order valence-electron chi connectivity index (χ3n) is 4.43. The molecule has 0 spiro atoms. The lowest BCUT2D eigenvalue weighted by molar-refractivity contribution is 0.146. The van der Waals surface area contributed by atoms with E-state index in [9.17, 15) is 4.79 Å². The van der Waals surface area contributed by atoms with E-state index < -0.39 is 0 Å². The van der Waals surface area contributed by atoms with Gasteiger partial charge < -0.3 is 24.1 Å². The largest absolute Gasteiger partial charge is 0.489 e. The molecular weight excluding hydrogens is 344 g/mol. The zero-order valence-corrected chi connectivity index (χ0v) is 15.8. The minimum atomic E-state index is -0.245. The van der Waals surface area contributed by atoms with Gasteiger partial charge in [-0.05, 0) is 31.2 Å². The van der Waals surface area contributed by atoms with Gasteiger partial charge in [0.2, 0.25) is 0 Å². The second-order valence-corrected chi connectivity index (χ2v) is 6.24. The summed E-state index contributed by atoms with van der Waals surface area (Å²) < 4.78 is 16.5. The van der Waals surface area contributed by atoms with Gasteiger partial charge in [-0.3, -0.25) is 0 Å². The Balaban J connectivity index is 1.70. The number of fused-ring (bicyclic) bond motifs is 1. The molecule has 2 aromatic carbocycles. The Labute approximate surface area is 158 Å². The van der Waals surface area contributed by atoms with Gasteiger partial charge in [0.15, 0.2) is 0 Å². The number of ether oxygens (including phenoxy) is 2. The number of methoxy groups -OCH3 is 1. The third-order valence-corrected chi connectivity index (χ3v) is 4.43. The van der Waals surface area contributed by atoms with Crippen LogP contribution in [0.3, 0.4) is 0 Å². The zero-order chi connectivity index (χ0) is 19.2. The number of hydrogen-bond acceptors (Lipinski definition) is 4. The molecule has 0 radical (unpaired) electrons. The van der Waals surface area contributed by atoms with Crippen molar-refractivity contribution in [3.63, 3.8) is 0 Å². The molecule has 1 heterocycles. The van der Waals surface area contributed by atoms with Crippen molar-refractivity contribution in [2.45, 2.75) is 13.0 Å². The topological polar surface area (TPSA) is 63.9 Å². The van der Waals surface area contributed by atoms with Crippen LogP contribution in [0.25, 0.3) is 11.0 Å². The molecule has 0 saturated carbocycles. The van der Waals surface area contributed by atoms with Crippen LogP contribution in [-0.2, 0) is 4.74 Å². The van der Waals surface area contributed by atoms with Crippen LogP contribution < -0.4 is 10.1 Å². The SMILES string of the molecule is COCCOc1ccccc1NC(=O)N(C)C(C)c1cc2ccccc2o1. The van der Waals surface area contributed by atoms with Gasteiger partial charge in [0.05, 0.1) is 18.3 Å². The molecule has 0 saturated heterocycles. The molecule has 3 aromatic rings. The summed E-state index contributed by atoms with van der Waals surface area (Å²) in [5.74, 6) is 1.34. The van der Waals surface area contributed by atoms with Gasteiger partial charge in [-0.2, -0.15) is 0 Å². The number of furan rings is 1. The summed E-state index contributed by atoms with van der Waals surface area (Å²) in [6.07, 6.45) is 0. The molecule has 27 heavy (non-hydrogen) atoms. The fraction of sp³-hybridized carbons (Fsp3) is 0.286. The molecule has 0 aliphatic heterocycles. The number of benzene rings is 2. The molecule has 3 rings (SSSR count). The highest BCUT2D eigenvalue weighted by Crippen LogP contribution is 2.28. The molecule has 1 N–H and O–H groups in total. The lowest BCUT2D eigenvalue weighted by Crippen LogP contribution is -2.33. The Morgan fingerprint density at radius 1 is 1.15 bits per heavy atom. The number of urea groups is 1. The van der Waals surface area contributed by atoms with Gasteiger partial charge in [-0.15, -0.1) is 0 Å². The molecule has 6 nitrogen and oxygen atoms in total. The van der Waals surface area contributed by atoms with Crippen LogP contribution in [0.2, 0.25) is 0 Å². The predicted octanol–water partition coefficient (Wildman–Crippen LogP) is 4.68. The quantitative estimate of drug-likeness (QED) is 0.615. The van der Waals surface area contributed by atoms with E-state index in [1.807, 2.05) is 55.5 Å². The highest BCUT2D eigenvalue weighted by Gasteiger charge is 2.21. The zero-order valence-electron chi connectivity index (χ0n) is 15.8. The molecule has 1 aromatic heterocycles. The summed E-state index contributed by atoms with van der Waals surface area (Å²) in [6.45, 7) is 2.82. The maximum atomic E-state index is 12.7. The number of hydrogen-bond donors (Lipinski definition) is 1. The fourth-order valence-electron chi connectivity index (χ4n) is 2.71. The second kappa shape index (κ2) is 8.60. The number of anilines is 1. The number of rotatable bonds is 7. The fourth-order valence-corrected chi connectivity index (χ4v) is 2.71. The number of nitrogens with zero attached hydrogens (tertiary/aromatic N) is 1. The van der Waals surface area contributed by atoms with Crippen molar-refractivity contribution in [1.82, 2.24) is 4.90 Å². The lowest BCUT2D eigenvalue weighted by atomic mass is 10.2. The number of amides is 2.